The second-order valence-electron chi connectivity index (χ2n) is 9.50. The van der Waals surface area contributed by atoms with Crippen LogP contribution in [0.2, 0.25) is 0 Å². The van der Waals surface area contributed by atoms with Crippen LogP contribution in [0.5, 0.6) is 0 Å². The number of anilines is 1. The highest BCUT2D eigenvalue weighted by molar-refractivity contribution is 5.82. The highest BCUT2D eigenvalue weighted by Crippen LogP contribution is 2.30. The summed E-state index contributed by atoms with van der Waals surface area (Å²) in [4.78, 5) is 32.3. The number of carbonyl (C=O) groups is 1. The number of fused-ring (bicyclic) bond motifs is 1. The van der Waals surface area contributed by atoms with Crippen LogP contribution < -0.4 is 5.73 Å². The molecule has 5 aromatic rings. The van der Waals surface area contributed by atoms with Crippen molar-refractivity contribution in [1.29, 1.82) is 5.26 Å². The minimum absolute atomic E-state index is 0.346. The third-order valence-corrected chi connectivity index (χ3v) is 6.73. The standard InChI is InChI=1S/C23H25N7.C7H4N2O/c1-28-12-14-29(15-13-28)16-17-6-8-18(9-7-17)30-22(19-4-2-10-25-21(19)24)27-20-5-3-11-26-23(20)30;8-3-6-1-2-7(5-10)9-4-6/h2-11H,12-16H2,1H3,(H2,24,25);1-2,4-5H. The molecule has 10 heteroatoms. The highest BCUT2D eigenvalue weighted by atomic mass is 16.1. The third-order valence-electron chi connectivity index (χ3n) is 6.73. The van der Waals surface area contributed by atoms with Gasteiger partial charge >= 0.3 is 0 Å². The van der Waals surface area contributed by atoms with Crippen molar-refractivity contribution in [3.63, 3.8) is 0 Å². The van der Waals surface area contributed by atoms with Crippen LogP contribution in [-0.4, -0.2) is 73.8 Å². The number of benzene rings is 1. The Kier molecular flexibility index (Phi) is 8.15. The lowest BCUT2D eigenvalue weighted by atomic mass is 10.1. The first kappa shape index (κ1) is 26.6. The molecule has 6 rings (SSSR count). The summed E-state index contributed by atoms with van der Waals surface area (Å²) >= 11 is 0. The SMILES string of the molecule is CN1CCN(Cc2ccc(-n3c(-c4cccnc4N)nc4cccnc43)cc2)CC1.N#Cc1ccc(C=O)nc1. The van der Waals surface area contributed by atoms with Crippen molar-refractivity contribution in [3.8, 4) is 23.1 Å². The van der Waals surface area contributed by atoms with Gasteiger partial charge in [0, 0.05) is 57.0 Å². The average Bonchev–Trinajstić information content (AvgIpc) is 3.39. The maximum atomic E-state index is 10.1. The molecule has 200 valence electrons. The molecular formula is C30H29N9O. The fourth-order valence-electron chi connectivity index (χ4n) is 4.50. The molecule has 40 heavy (non-hydrogen) atoms. The van der Waals surface area contributed by atoms with Gasteiger partial charge in [-0.1, -0.05) is 12.1 Å². The highest BCUT2D eigenvalue weighted by Gasteiger charge is 2.18. The molecule has 0 bridgehead atoms. The number of aldehydes is 1. The van der Waals surface area contributed by atoms with E-state index in [0.29, 0.717) is 23.4 Å². The van der Waals surface area contributed by atoms with Gasteiger partial charge in [-0.05, 0) is 61.1 Å². The topological polar surface area (TPSA) is 130 Å². The number of nitrogens with zero attached hydrogens (tertiary/aromatic N) is 8. The van der Waals surface area contributed by atoms with Gasteiger partial charge in [-0.3, -0.25) is 19.2 Å². The second kappa shape index (κ2) is 12.3. The van der Waals surface area contributed by atoms with Crippen LogP contribution in [0.1, 0.15) is 21.6 Å². The van der Waals surface area contributed by atoms with Crippen molar-refractivity contribution in [2.24, 2.45) is 0 Å². The Morgan fingerprint density at radius 1 is 0.950 bits per heavy atom. The fraction of sp³-hybridized carbons (Fsp3) is 0.200. The van der Waals surface area contributed by atoms with E-state index < -0.39 is 0 Å². The molecule has 1 aromatic carbocycles. The van der Waals surface area contributed by atoms with Crippen molar-refractivity contribution in [1.82, 2.24) is 34.3 Å². The molecule has 4 aromatic heterocycles. The van der Waals surface area contributed by atoms with Gasteiger partial charge in [0.1, 0.15) is 23.1 Å². The van der Waals surface area contributed by atoms with Gasteiger partial charge < -0.3 is 10.6 Å². The molecule has 0 spiro atoms. The molecule has 0 saturated carbocycles. The zero-order valence-corrected chi connectivity index (χ0v) is 22.2. The molecule has 0 unspecified atom stereocenters. The first-order valence-corrected chi connectivity index (χ1v) is 12.9. The van der Waals surface area contributed by atoms with E-state index in [1.165, 1.54) is 17.8 Å². The largest absolute Gasteiger partial charge is 0.383 e. The summed E-state index contributed by atoms with van der Waals surface area (Å²) in [5.74, 6) is 1.21. The van der Waals surface area contributed by atoms with E-state index in [9.17, 15) is 4.79 Å². The van der Waals surface area contributed by atoms with Gasteiger partial charge in [0.05, 0.1) is 11.1 Å². The van der Waals surface area contributed by atoms with Crippen LogP contribution in [-0.2, 0) is 6.54 Å². The fourth-order valence-corrected chi connectivity index (χ4v) is 4.50. The number of pyridine rings is 3. The van der Waals surface area contributed by atoms with Gasteiger partial charge in [0.25, 0.3) is 0 Å². The maximum absolute atomic E-state index is 10.1. The van der Waals surface area contributed by atoms with Gasteiger partial charge in [0.15, 0.2) is 17.8 Å². The first-order chi connectivity index (χ1) is 19.6. The Bertz CT molecular complexity index is 1630. The van der Waals surface area contributed by atoms with Gasteiger partial charge in [-0.15, -0.1) is 0 Å². The van der Waals surface area contributed by atoms with Crippen molar-refractivity contribution < 1.29 is 4.79 Å². The Hall–Kier alpha value is -4.98. The van der Waals surface area contributed by atoms with E-state index in [-0.39, 0.29) is 0 Å². The smallest absolute Gasteiger partial charge is 0.168 e. The lowest BCUT2D eigenvalue weighted by Gasteiger charge is -2.32. The minimum Gasteiger partial charge on any atom is -0.383 e. The number of hydrogen-bond donors (Lipinski definition) is 1. The van der Waals surface area contributed by atoms with Gasteiger partial charge in [-0.25, -0.2) is 15.0 Å². The van der Waals surface area contributed by atoms with E-state index in [1.54, 1.807) is 18.5 Å². The van der Waals surface area contributed by atoms with E-state index >= 15 is 0 Å². The first-order valence-electron chi connectivity index (χ1n) is 12.9. The zero-order valence-electron chi connectivity index (χ0n) is 22.2. The quantitative estimate of drug-likeness (QED) is 0.338. The molecule has 1 aliphatic heterocycles. The Morgan fingerprint density at radius 2 is 1.70 bits per heavy atom. The van der Waals surface area contributed by atoms with Crippen molar-refractivity contribution >= 4 is 23.3 Å². The molecule has 0 atom stereocenters. The second-order valence-corrected chi connectivity index (χ2v) is 9.50. The van der Waals surface area contributed by atoms with Crippen LogP contribution in [0, 0.1) is 11.3 Å². The molecule has 1 fully saturated rings. The van der Waals surface area contributed by atoms with Crippen LogP contribution in [0.25, 0.3) is 28.2 Å². The van der Waals surface area contributed by atoms with E-state index in [4.69, 9.17) is 16.0 Å². The number of rotatable bonds is 5. The monoisotopic (exact) mass is 531 g/mol. The van der Waals surface area contributed by atoms with Crippen LogP contribution in [0.4, 0.5) is 5.82 Å². The third kappa shape index (κ3) is 6.02. The molecule has 0 amide bonds. The molecule has 10 nitrogen and oxygen atoms in total. The average molecular weight is 532 g/mol. The number of imidazole rings is 1. The number of likely N-dealkylation sites (N-methyl/N-ethyl adjacent to an activating group) is 1. The zero-order chi connectivity index (χ0) is 27.9. The number of aromatic nitrogens is 5. The Morgan fingerprint density at radius 3 is 2.38 bits per heavy atom. The lowest BCUT2D eigenvalue weighted by molar-refractivity contribution is 0.111. The van der Waals surface area contributed by atoms with Gasteiger partial charge in [0.2, 0.25) is 0 Å². The molecule has 1 aliphatic rings. The van der Waals surface area contributed by atoms with E-state index in [1.807, 2.05) is 30.3 Å². The predicted molar refractivity (Wildman–Crippen MR) is 154 cm³/mol. The number of nitrogens with two attached hydrogens (primary N) is 1. The number of piperazine rings is 1. The molecule has 0 radical (unpaired) electrons. The molecule has 0 aliphatic carbocycles. The van der Waals surface area contributed by atoms with Crippen molar-refractivity contribution in [3.05, 3.63) is 96.1 Å². The molecular weight excluding hydrogens is 502 g/mol. The van der Waals surface area contributed by atoms with Crippen molar-refractivity contribution in [2.75, 3.05) is 39.0 Å². The molecule has 2 N–H and O–H groups in total. The summed E-state index contributed by atoms with van der Waals surface area (Å²) in [5, 5.41) is 8.32. The summed E-state index contributed by atoms with van der Waals surface area (Å²) < 4.78 is 2.06. The summed E-state index contributed by atoms with van der Waals surface area (Å²) in [5.41, 5.74) is 11.7. The van der Waals surface area contributed by atoms with Crippen LogP contribution in [0.15, 0.2) is 79.3 Å². The van der Waals surface area contributed by atoms with Crippen molar-refractivity contribution in [2.45, 2.75) is 6.54 Å². The lowest BCUT2D eigenvalue weighted by Crippen LogP contribution is -2.43. The minimum atomic E-state index is 0.346. The Balaban J connectivity index is 0.000000274. The number of carbonyl (C=O) groups excluding carboxylic acids is 1. The predicted octanol–water partition coefficient (Wildman–Crippen LogP) is 3.58. The summed E-state index contributed by atoms with van der Waals surface area (Å²) in [6, 6.07) is 21.3. The maximum Gasteiger partial charge on any atom is 0.168 e. The molecule has 5 heterocycles. The molecule has 1 saturated heterocycles. The number of nitriles is 1. The Labute approximate surface area is 232 Å². The van der Waals surface area contributed by atoms with E-state index in [0.717, 1.165) is 61.0 Å². The summed E-state index contributed by atoms with van der Waals surface area (Å²) in [6.45, 7) is 5.44. The number of hydrogen-bond acceptors (Lipinski definition) is 9. The normalized spacial score (nSPS) is 13.8. The van der Waals surface area contributed by atoms with E-state index in [2.05, 4.69) is 60.6 Å². The van der Waals surface area contributed by atoms with Crippen LogP contribution >= 0.6 is 0 Å². The number of nitrogen functional groups attached to an aromatic ring is 1. The summed E-state index contributed by atoms with van der Waals surface area (Å²) in [7, 11) is 2.18. The van der Waals surface area contributed by atoms with Crippen LogP contribution in [0.3, 0.4) is 0 Å². The van der Waals surface area contributed by atoms with Gasteiger partial charge in [-0.2, -0.15) is 5.26 Å². The summed E-state index contributed by atoms with van der Waals surface area (Å²) in [6.07, 6.45) is 5.49.